The second kappa shape index (κ2) is 11.9. The number of hydrogen-bond acceptors (Lipinski definition) is 5. The van der Waals surface area contributed by atoms with Crippen molar-refractivity contribution in [2.24, 2.45) is 4.99 Å². The van der Waals surface area contributed by atoms with E-state index in [4.69, 9.17) is 4.74 Å². The number of methoxy groups -OCH3 is 1. The number of aliphatic imine (C=N–C) groups is 1. The van der Waals surface area contributed by atoms with Crippen LogP contribution in [0.1, 0.15) is 32.5 Å². The van der Waals surface area contributed by atoms with Gasteiger partial charge < -0.3 is 24.8 Å². The van der Waals surface area contributed by atoms with Gasteiger partial charge in [-0.2, -0.15) is 0 Å². The Morgan fingerprint density at radius 1 is 1.38 bits per heavy atom. The summed E-state index contributed by atoms with van der Waals surface area (Å²) in [6, 6.07) is 0.305. The largest absolute Gasteiger partial charge is 0.453 e. The van der Waals surface area contributed by atoms with E-state index in [9.17, 15) is 4.79 Å². The minimum atomic E-state index is -0.250. The quantitative estimate of drug-likeness (QED) is 0.362. The summed E-state index contributed by atoms with van der Waals surface area (Å²) in [5.74, 6) is 1.79. The Morgan fingerprint density at radius 2 is 2.12 bits per heavy atom. The highest BCUT2D eigenvalue weighted by Gasteiger charge is 2.23. The third-order valence-corrected chi connectivity index (χ3v) is 4.24. The van der Waals surface area contributed by atoms with Crippen LogP contribution in [-0.2, 0) is 17.7 Å². The van der Waals surface area contributed by atoms with Crippen molar-refractivity contribution in [2.45, 2.75) is 45.7 Å². The van der Waals surface area contributed by atoms with Crippen LogP contribution >= 0.6 is 24.0 Å². The molecule has 9 nitrogen and oxygen atoms in total. The summed E-state index contributed by atoms with van der Waals surface area (Å²) >= 11 is 0. The number of amides is 1. The molecule has 26 heavy (non-hydrogen) atoms. The van der Waals surface area contributed by atoms with E-state index in [-0.39, 0.29) is 30.1 Å². The zero-order chi connectivity index (χ0) is 18.1. The molecule has 0 bridgehead atoms. The zero-order valence-electron chi connectivity index (χ0n) is 15.8. The maximum Gasteiger partial charge on any atom is 0.409 e. The van der Waals surface area contributed by atoms with E-state index >= 15 is 0 Å². The van der Waals surface area contributed by atoms with Crippen molar-refractivity contribution in [3.05, 3.63) is 12.2 Å². The SMILES string of the molecule is CCNC(=NCCn1cnnc1CC)NC1CCN(C(=O)OC)CC1.I. The normalized spacial score (nSPS) is 15.3. The van der Waals surface area contributed by atoms with E-state index < -0.39 is 0 Å². The highest BCUT2D eigenvalue weighted by atomic mass is 127. The molecule has 2 heterocycles. The van der Waals surface area contributed by atoms with Gasteiger partial charge in [0.2, 0.25) is 0 Å². The van der Waals surface area contributed by atoms with Crippen molar-refractivity contribution in [1.29, 1.82) is 0 Å². The lowest BCUT2D eigenvalue weighted by Crippen LogP contribution is -2.49. The first kappa shape index (κ1) is 22.5. The number of aryl methyl sites for hydroxylation is 1. The molecule has 148 valence electrons. The lowest BCUT2D eigenvalue weighted by molar-refractivity contribution is 0.111. The highest BCUT2D eigenvalue weighted by Crippen LogP contribution is 2.11. The molecule has 1 aliphatic rings. The van der Waals surface area contributed by atoms with Gasteiger partial charge in [-0.05, 0) is 19.8 Å². The van der Waals surface area contributed by atoms with E-state index in [0.29, 0.717) is 25.7 Å². The Kier molecular flexibility index (Phi) is 10.3. The van der Waals surface area contributed by atoms with Crippen molar-refractivity contribution in [2.75, 3.05) is 33.3 Å². The first-order valence-corrected chi connectivity index (χ1v) is 8.92. The monoisotopic (exact) mass is 479 g/mol. The Hall–Kier alpha value is -1.59. The standard InChI is InChI=1S/C16H29N7O2.HI/c1-4-14-21-19-12-23(14)11-8-18-15(17-5-2)20-13-6-9-22(10-7-13)16(24)25-3;/h12-13H,4-11H2,1-3H3,(H2,17,18,20);1H. The smallest absolute Gasteiger partial charge is 0.409 e. The van der Waals surface area contributed by atoms with Gasteiger partial charge in [-0.15, -0.1) is 34.2 Å². The topological polar surface area (TPSA) is 96.7 Å². The second-order valence-electron chi connectivity index (χ2n) is 5.93. The Labute approximate surface area is 172 Å². The highest BCUT2D eigenvalue weighted by molar-refractivity contribution is 14.0. The lowest BCUT2D eigenvalue weighted by atomic mass is 10.1. The number of guanidine groups is 1. The fourth-order valence-corrected chi connectivity index (χ4v) is 2.86. The van der Waals surface area contributed by atoms with Crippen molar-refractivity contribution >= 4 is 36.0 Å². The average molecular weight is 479 g/mol. The third-order valence-electron chi connectivity index (χ3n) is 4.24. The van der Waals surface area contributed by atoms with Gasteiger partial charge in [0.25, 0.3) is 0 Å². The van der Waals surface area contributed by atoms with E-state index in [1.54, 1.807) is 11.2 Å². The summed E-state index contributed by atoms with van der Waals surface area (Å²) < 4.78 is 6.80. The van der Waals surface area contributed by atoms with Crippen LogP contribution in [0.15, 0.2) is 11.3 Å². The maximum absolute atomic E-state index is 11.5. The number of ether oxygens (including phenoxy) is 1. The molecule has 1 aromatic heterocycles. The van der Waals surface area contributed by atoms with Crippen LogP contribution in [-0.4, -0.2) is 71.0 Å². The molecule has 0 radical (unpaired) electrons. The zero-order valence-corrected chi connectivity index (χ0v) is 18.1. The number of carbonyl (C=O) groups excluding carboxylic acids is 1. The number of nitrogens with one attached hydrogen (secondary N) is 2. The molecule has 10 heteroatoms. The molecular weight excluding hydrogens is 449 g/mol. The first-order chi connectivity index (χ1) is 12.2. The molecule has 0 spiro atoms. The summed E-state index contributed by atoms with van der Waals surface area (Å²) in [6.45, 7) is 7.73. The predicted molar refractivity (Wildman–Crippen MR) is 111 cm³/mol. The first-order valence-electron chi connectivity index (χ1n) is 8.92. The molecular formula is C16H30IN7O2. The summed E-state index contributed by atoms with van der Waals surface area (Å²) in [4.78, 5) is 17.9. The fraction of sp³-hybridized carbons (Fsp3) is 0.750. The minimum absolute atomic E-state index is 0. The Balaban J connectivity index is 0.00000338. The van der Waals surface area contributed by atoms with Crippen LogP contribution in [0.5, 0.6) is 0 Å². The summed E-state index contributed by atoms with van der Waals surface area (Å²) in [6.07, 6.45) is 4.12. The van der Waals surface area contributed by atoms with Crippen LogP contribution < -0.4 is 10.6 Å². The van der Waals surface area contributed by atoms with Crippen molar-refractivity contribution < 1.29 is 9.53 Å². The predicted octanol–water partition coefficient (Wildman–Crippen LogP) is 1.24. The molecule has 2 N–H and O–H groups in total. The molecule has 1 fully saturated rings. The van der Waals surface area contributed by atoms with Gasteiger partial charge in [0.05, 0.1) is 13.7 Å². The number of piperidine rings is 1. The molecule has 1 amide bonds. The molecule has 2 rings (SSSR count). The van der Waals surface area contributed by atoms with Crippen molar-refractivity contribution in [3.8, 4) is 0 Å². The van der Waals surface area contributed by atoms with Gasteiger partial charge in [-0.1, -0.05) is 6.92 Å². The number of rotatable bonds is 6. The fourth-order valence-electron chi connectivity index (χ4n) is 2.86. The summed E-state index contributed by atoms with van der Waals surface area (Å²) in [5, 5.41) is 14.8. The van der Waals surface area contributed by atoms with Gasteiger partial charge >= 0.3 is 6.09 Å². The lowest BCUT2D eigenvalue weighted by Gasteiger charge is -2.32. The molecule has 1 aromatic rings. The van der Waals surface area contributed by atoms with Crippen LogP contribution in [0.3, 0.4) is 0 Å². The van der Waals surface area contributed by atoms with Gasteiger partial charge in [-0.25, -0.2) is 4.79 Å². The van der Waals surface area contributed by atoms with E-state index in [1.807, 2.05) is 11.5 Å². The van der Waals surface area contributed by atoms with Crippen molar-refractivity contribution in [3.63, 3.8) is 0 Å². The molecule has 1 saturated heterocycles. The molecule has 0 atom stereocenters. The summed E-state index contributed by atoms with van der Waals surface area (Å²) in [5.41, 5.74) is 0. The average Bonchev–Trinajstić information content (AvgIpc) is 3.09. The van der Waals surface area contributed by atoms with Crippen LogP contribution in [0.25, 0.3) is 0 Å². The van der Waals surface area contributed by atoms with E-state index in [2.05, 4.69) is 32.7 Å². The maximum atomic E-state index is 11.5. The van der Waals surface area contributed by atoms with Crippen LogP contribution in [0, 0.1) is 0 Å². The Bertz CT molecular complexity index is 571. The summed E-state index contributed by atoms with van der Waals surface area (Å²) in [7, 11) is 1.42. The number of likely N-dealkylation sites (tertiary alicyclic amines) is 1. The molecule has 1 aliphatic heterocycles. The number of halogens is 1. The van der Waals surface area contributed by atoms with Crippen LogP contribution in [0.4, 0.5) is 4.79 Å². The molecule has 0 aliphatic carbocycles. The van der Waals surface area contributed by atoms with Gasteiger partial charge in [-0.3, -0.25) is 4.99 Å². The minimum Gasteiger partial charge on any atom is -0.453 e. The Morgan fingerprint density at radius 3 is 2.73 bits per heavy atom. The van der Waals surface area contributed by atoms with E-state index in [0.717, 1.165) is 44.1 Å². The molecule has 0 unspecified atom stereocenters. The van der Waals surface area contributed by atoms with Crippen LogP contribution in [0.2, 0.25) is 0 Å². The van der Waals surface area contributed by atoms with Gasteiger partial charge in [0, 0.05) is 38.6 Å². The molecule has 0 saturated carbocycles. The third kappa shape index (κ3) is 6.61. The second-order valence-corrected chi connectivity index (χ2v) is 5.93. The van der Waals surface area contributed by atoms with E-state index in [1.165, 1.54) is 7.11 Å². The number of carbonyl (C=O) groups is 1. The van der Waals surface area contributed by atoms with Gasteiger partial charge in [0.1, 0.15) is 12.2 Å². The number of hydrogen-bond donors (Lipinski definition) is 2. The van der Waals surface area contributed by atoms with Crippen molar-refractivity contribution in [1.82, 2.24) is 30.3 Å². The number of aromatic nitrogens is 3. The van der Waals surface area contributed by atoms with Gasteiger partial charge in [0.15, 0.2) is 5.96 Å². The number of nitrogens with zero attached hydrogens (tertiary/aromatic N) is 5. The molecule has 0 aromatic carbocycles.